The van der Waals surface area contributed by atoms with Gasteiger partial charge >= 0.3 is 0 Å². The number of hydrogen-bond acceptors (Lipinski definition) is 5. The number of hydrogen-bond donors (Lipinski definition) is 2. The number of aromatic nitrogens is 1. The molecule has 3 heterocycles. The summed E-state index contributed by atoms with van der Waals surface area (Å²) in [5, 5.41) is 6.88. The van der Waals surface area contributed by atoms with Crippen LogP contribution in [0.5, 0.6) is 11.5 Å². The molecule has 4 rings (SSSR count). The van der Waals surface area contributed by atoms with Gasteiger partial charge in [-0.15, -0.1) is 24.0 Å². The maximum atomic E-state index is 14.0. The molecule has 1 saturated heterocycles. The molecule has 1 aromatic heterocycles. The lowest BCUT2D eigenvalue weighted by Gasteiger charge is -2.28. The summed E-state index contributed by atoms with van der Waals surface area (Å²) in [5.74, 6) is 2.43. The number of aliphatic imine (C=N–C) groups is 1. The van der Waals surface area contributed by atoms with Crippen molar-refractivity contribution in [1.29, 1.82) is 0 Å². The van der Waals surface area contributed by atoms with Crippen LogP contribution in [0.4, 0.5) is 10.2 Å². The second kappa shape index (κ2) is 9.88. The highest BCUT2D eigenvalue weighted by atomic mass is 127. The number of halogens is 2. The van der Waals surface area contributed by atoms with Gasteiger partial charge in [-0.25, -0.2) is 9.37 Å². The van der Waals surface area contributed by atoms with Gasteiger partial charge in [-0.05, 0) is 36.2 Å². The number of nitrogens with one attached hydrogen (secondary N) is 2. The molecule has 0 amide bonds. The van der Waals surface area contributed by atoms with E-state index in [-0.39, 0.29) is 48.0 Å². The predicted molar refractivity (Wildman–Crippen MR) is 130 cm³/mol. The molecule has 0 saturated carbocycles. The summed E-state index contributed by atoms with van der Waals surface area (Å²) in [4.78, 5) is 10.5. The van der Waals surface area contributed by atoms with Crippen molar-refractivity contribution >= 4 is 35.8 Å². The Labute approximate surface area is 199 Å². The summed E-state index contributed by atoms with van der Waals surface area (Å²) in [6.07, 6.45) is 2.51. The van der Waals surface area contributed by atoms with Gasteiger partial charge in [0.15, 0.2) is 29.1 Å². The Morgan fingerprint density at radius 1 is 1.29 bits per heavy atom. The molecule has 1 aromatic carbocycles. The summed E-state index contributed by atoms with van der Waals surface area (Å²) < 4.78 is 24.9. The van der Waals surface area contributed by atoms with Crippen LogP contribution < -0.4 is 25.0 Å². The number of pyridine rings is 1. The first-order chi connectivity index (χ1) is 14.5. The Hall–Kier alpha value is -2.30. The molecular weight excluding hydrogens is 512 g/mol. The third-order valence-electron chi connectivity index (χ3n) is 5.64. The Morgan fingerprint density at radius 3 is 2.87 bits per heavy atom. The van der Waals surface area contributed by atoms with Gasteiger partial charge in [0.2, 0.25) is 6.79 Å². The van der Waals surface area contributed by atoms with Crippen molar-refractivity contribution in [3.05, 3.63) is 47.9 Å². The molecule has 31 heavy (non-hydrogen) atoms. The Kier molecular flexibility index (Phi) is 7.45. The van der Waals surface area contributed by atoms with Crippen LogP contribution in [0.2, 0.25) is 0 Å². The maximum absolute atomic E-state index is 14.0. The molecule has 2 aromatic rings. The number of fused-ring (bicyclic) bond motifs is 1. The Balaban J connectivity index is 0.00000272. The van der Waals surface area contributed by atoms with E-state index >= 15 is 0 Å². The van der Waals surface area contributed by atoms with Gasteiger partial charge in [0.1, 0.15) is 0 Å². The fraction of sp³-hybridized carbons (Fsp3) is 0.455. The Morgan fingerprint density at radius 2 is 2.10 bits per heavy atom. The molecule has 9 heteroatoms. The van der Waals surface area contributed by atoms with Crippen molar-refractivity contribution in [2.45, 2.75) is 31.7 Å². The summed E-state index contributed by atoms with van der Waals surface area (Å²) in [5.41, 5.74) is 1.02. The Bertz CT molecular complexity index is 940. The molecule has 0 spiro atoms. The van der Waals surface area contributed by atoms with Gasteiger partial charge in [-0.3, -0.25) is 4.99 Å². The van der Waals surface area contributed by atoms with Crippen molar-refractivity contribution in [3.63, 3.8) is 0 Å². The van der Waals surface area contributed by atoms with Gasteiger partial charge in [-0.2, -0.15) is 0 Å². The van der Waals surface area contributed by atoms with Crippen LogP contribution >= 0.6 is 24.0 Å². The maximum Gasteiger partial charge on any atom is 0.231 e. The van der Waals surface area contributed by atoms with E-state index in [0.717, 1.165) is 36.0 Å². The van der Waals surface area contributed by atoms with Gasteiger partial charge in [-0.1, -0.05) is 19.9 Å². The largest absolute Gasteiger partial charge is 0.454 e. The average Bonchev–Trinajstić information content (AvgIpc) is 3.40. The molecular formula is C22H29FIN5O2. The number of benzene rings is 1. The van der Waals surface area contributed by atoms with Crippen LogP contribution in [-0.2, 0) is 5.41 Å². The zero-order valence-electron chi connectivity index (χ0n) is 18.0. The fourth-order valence-electron chi connectivity index (χ4n) is 3.79. The second-order valence-electron chi connectivity index (χ2n) is 8.26. The molecule has 0 aliphatic carbocycles. The van der Waals surface area contributed by atoms with Gasteiger partial charge in [0.05, 0.1) is 0 Å². The van der Waals surface area contributed by atoms with Crippen LogP contribution in [0.1, 0.15) is 25.8 Å². The lowest BCUT2D eigenvalue weighted by atomic mass is 9.84. The molecule has 1 fully saturated rings. The minimum Gasteiger partial charge on any atom is -0.454 e. The molecule has 1 unspecified atom stereocenters. The van der Waals surface area contributed by atoms with Gasteiger partial charge in [0.25, 0.3) is 0 Å². The number of rotatable bonds is 5. The smallest absolute Gasteiger partial charge is 0.231 e. The fourth-order valence-corrected chi connectivity index (χ4v) is 3.79. The zero-order chi connectivity index (χ0) is 21.1. The topological polar surface area (TPSA) is 71.0 Å². The SMILES string of the molecule is CN=C(NCC(C)(C)c1ccc2c(c1)OCO2)NC1CCN(c2ncccc2F)C1.I. The molecule has 168 valence electrons. The summed E-state index contributed by atoms with van der Waals surface area (Å²) in [6, 6.07) is 9.29. The van der Waals surface area contributed by atoms with Crippen LogP contribution in [0.25, 0.3) is 0 Å². The minimum absolute atomic E-state index is 0. The molecule has 2 aliphatic heterocycles. The quantitative estimate of drug-likeness (QED) is 0.344. The van der Waals surface area contributed by atoms with Crippen molar-refractivity contribution in [2.75, 3.05) is 38.4 Å². The monoisotopic (exact) mass is 541 g/mol. The lowest BCUT2D eigenvalue weighted by molar-refractivity contribution is 0.174. The first kappa shape index (κ1) is 23.4. The number of guanidine groups is 1. The second-order valence-corrected chi connectivity index (χ2v) is 8.26. The molecule has 1 atom stereocenters. The van der Waals surface area contributed by atoms with E-state index in [1.54, 1.807) is 19.3 Å². The standard InChI is InChI=1S/C22H28FN5O2.HI/c1-22(2,15-6-7-18-19(11-15)30-14-29-18)13-26-21(24-3)27-16-8-10-28(12-16)20-17(23)5-4-9-25-20;/h4-7,9,11,16H,8,10,12-14H2,1-3H3,(H2,24,26,27);1H. The van der Waals surface area contributed by atoms with E-state index in [1.165, 1.54) is 6.07 Å². The van der Waals surface area contributed by atoms with E-state index in [4.69, 9.17) is 9.47 Å². The van der Waals surface area contributed by atoms with Gasteiger partial charge < -0.3 is 25.0 Å². The summed E-state index contributed by atoms with van der Waals surface area (Å²) in [6.45, 7) is 6.75. The molecule has 0 bridgehead atoms. The van der Waals surface area contributed by atoms with E-state index in [0.29, 0.717) is 18.9 Å². The summed E-state index contributed by atoms with van der Waals surface area (Å²) in [7, 11) is 1.76. The molecule has 7 nitrogen and oxygen atoms in total. The van der Waals surface area contributed by atoms with Crippen LogP contribution in [0.15, 0.2) is 41.5 Å². The van der Waals surface area contributed by atoms with Crippen LogP contribution in [-0.4, -0.2) is 50.5 Å². The minimum atomic E-state index is -0.286. The van der Waals surface area contributed by atoms with Crippen molar-refractivity contribution in [2.24, 2.45) is 4.99 Å². The highest BCUT2D eigenvalue weighted by molar-refractivity contribution is 14.0. The third-order valence-corrected chi connectivity index (χ3v) is 5.64. The van der Waals surface area contributed by atoms with Crippen molar-refractivity contribution in [3.8, 4) is 11.5 Å². The van der Waals surface area contributed by atoms with E-state index in [9.17, 15) is 4.39 Å². The first-order valence-corrected chi connectivity index (χ1v) is 10.2. The third kappa shape index (κ3) is 5.31. The molecule has 0 radical (unpaired) electrons. The predicted octanol–water partition coefficient (Wildman–Crippen LogP) is 3.29. The van der Waals surface area contributed by atoms with Crippen molar-refractivity contribution in [1.82, 2.24) is 15.6 Å². The average molecular weight is 541 g/mol. The summed E-state index contributed by atoms with van der Waals surface area (Å²) >= 11 is 0. The van der Waals surface area contributed by atoms with Gasteiger partial charge in [0, 0.05) is 44.3 Å². The van der Waals surface area contributed by atoms with Crippen molar-refractivity contribution < 1.29 is 13.9 Å². The zero-order valence-corrected chi connectivity index (χ0v) is 20.4. The highest BCUT2D eigenvalue weighted by Crippen LogP contribution is 2.36. The normalized spacial score (nSPS) is 18.0. The van der Waals surface area contributed by atoms with Crippen LogP contribution in [0, 0.1) is 5.82 Å². The lowest BCUT2D eigenvalue weighted by Crippen LogP contribution is -2.48. The number of anilines is 1. The number of nitrogens with zero attached hydrogens (tertiary/aromatic N) is 3. The number of ether oxygens (including phenoxy) is 2. The van der Waals surface area contributed by atoms with E-state index in [1.807, 2.05) is 17.0 Å². The highest BCUT2D eigenvalue weighted by Gasteiger charge is 2.27. The van der Waals surface area contributed by atoms with Crippen LogP contribution in [0.3, 0.4) is 0 Å². The van der Waals surface area contributed by atoms with E-state index < -0.39 is 0 Å². The van der Waals surface area contributed by atoms with E-state index in [2.05, 4.69) is 40.5 Å². The molecule has 2 aliphatic rings. The molecule has 2 N–H and O–H groups in total. The first-order valence-electron chi connectivity index (χ1n) is 10.2.